The average Bonchev–Trinajstić information content (AvgIpc) is 0.747. The van der Waals surface area contributed by atoms with Gasteiger partial charge < -0.3 is 34.3 Å². The van der Waals surface area contributed by atoms with Gasteiger partial charge in [0.25, 0.3) is 0 Å². The molecule has 0 unspecified atom stereocenters. The number of benzene rings is 14. The summed E-state index contributed by atoms with van der Waals surface area (Å²) in [6.45, 7) is 6.46. The van der Waals surface area contributed by atoms with Crippen molar-refractivity contribution in [2.45, 2.75) is 20.8 Å². The molecule has 460 valence electrons. The summed E-state index contributed by atoms with van der Waals surface area (Å²) in [7, 11) is -3.04. The number of fused-ring (bicyclic) bond motifs is 6. The minimum absolute atomic E-state index is 0.292. The second-order valence-corrected chi connectivity index (χ2v) is 23.0. The lowest BCUT2D eigenvalue weighted by Crippen LogP contribution is -2.34. The van der Waals surface area contributed by atoms with Crippen molar-refractivity contribution in [3.63, 3.8) is 0 Å². The molecule has 0 amide bonds. The summed E-state index contributed by atoms with van der Waals surface area (Å²) in [6.07, 6.45) is 0. The zero-order valence-electron chi connectivity index (χ0n) is 51.8. The largest absolute Gasteiger partial charge is 0.488 e. The summed E-state index contributed by atoms with van der Waals surface area (Å²) in [4.78, 5) is 39.0. The summed E-state index contributed by atoms with van der Waals surface area (Å²) >= 11 is 3.77. The first kappa shape index (κ1) is 63.6. The van der Waals surface area contributed by atoms with Gasteiger partial charge in [-0.2, -0.15) is 0 Å². The fourth-order valence-corrected chi connectivity index (χ4v) is 13.4. The van der Waals surface area contributed by atoms with Gasteiger partial charge in [-0.15, -0.1) is 0 Å². The second kappa shape index (κ2) is 28.6. The van der Waals surface area contributed by atoms with Crippen molar-refractivity contribution in [2.24, 2.45) is 0 Å². The van der Waals surface area contributed by atoms with Crippen LogP contribution in [0, 0.1) is 0 Å². The first-order valence-electron chi connectivity index (χ1n) is 31.1. The number of halogens is 1. The lowest BCUT2D eigenvalue weighted by Gasteiger charge is -2.20. The Bertz CT molecular complexity index is 4770. The van der Waals surface area contributed by atoms with Crippen LogP contribution in [0.1, 0.15) is 51.8 Å². The van der Waals surface area contributed by atoms with Crippen molar-refractivity contribution in [2.75, 3.05) is 19.8 Å². The van der Waals surface area contributed by atoms with Crippen LogP contribution in [0.5, 0.6) is 0 Å². The highest BCUT2D eigenvalue weighted by molar-refractivity contribution is 9.10. The number of esters is 3. The van der Waals surface area contributed by atoms with E-state index in [-0.39, 0.29) is 17.9 Å². The van der Waals surface area contributed by atoms with Crippen LogP contribution in [0.15, 0.2) is 271 Å². The molecule has 0 saturated carbocycles. The van der Waals surface area contributed by atoms with Gasteiger partial charge in [-0.1, -0.05) is 249 Å². The number of hydrogen-bond acceptors (Lipinski definition) is 10. The van der Waals surface area contributed by atoms with E-state index in [4.69, 9.17) is 34.3 Å². The predicted octanol–water partition coefficient (Wildman–Crippen LogP) is 17.0. The molecule has 0 spiro atoms. The summed E-state index contributed by atoms with van der Waals surface area (Å²) < 4.78 is 17.4. The van der Waals surface area contributed by atoms with E-state index in [1.807, 2.05) is 118 Å². The highest BCUT2D eigenvalue weighted by atomic mass is 79.9. The van der Waals surface area contributed by atoms with Crippen LogP contribution in [0.25, 0.3) is 120 Å². The molecule has 14 aromatic rings. The maximum absolute atomic E-state index is 13.2. The highest BCUT2D eigenvalue weighted by Gasteiger charge is 2.25. The number of ether oxygens (including phenoxy) is 3. The lowest BCUT2D eigenvalue weighted by atomic mass is 9.75. The molecule has 0 aliphatic rings. The Labute approximate surface area is 553 Å². The Morgan fingerprint density at radius 3 is 0.723 bits per heavy atom. The Kier molecular flexibility index (Phi) is 19.3. The number of rotatable bonds is 13. The molecule has 10 nitrogen and oxygen atoms in total. The number of hydrogen-bond donors (Lipinski definition) is 4. The van der Waals surface area contributed by atoms with Gasteiger partial charge in [-0.25, -0.2) is 14.4 Å². The first-order valence-corrected chi connectivity index (χ1v) is 31.9. The average molecular weight is 1300 g/mol. The molecule has 0 fully saturated rings. The van der Waals surface area contributed by atoms with Crippen molar-refractivity contribution in [1.29, 1.82) is 0 Å². The smallest absolute Gasteiger partial charge is 0.462 e. The third kappa shape index (κ3) is 12.5. The molecule has 4 N–H and O–H groups in total. The summed E-state index contributed by atoms with van der Waals surface area (Å²) in [5.74, 6) is -0.946. The zero-order valence-corrected chi connectivity index (χ0v) is 53.4. The molecular formula is C81H63B2BrO10. The molecule has 0 aliphatic heterocycles. The van der Waals surface area contributed by atoms with Crippen LogP contribution in [-0.2, 0) is 14.2 Å². The van der Waals surface area contributed by atoms with Gasteiger partial charge in [0.1, 0.15) is 0 Å². The van der Waals surface area contributed by atoms with E-state index in [0.29, 0.717) is 47.4 Å². The fourth-order valence-electron chi connectivity index (χ4n) is 12.7. The molecule has 0 aromatic heterocycles. The van der Waals surface area contributed by atoms with Crippen molar-refractivity contribution in [1.82, 2.24) is 0 Å². The summed E-state index contributed by atoms with van der Waals surface area (Å²) in [6, 6.07) is 88.1. The van der Waals surface area contributed by atoms with Crippen molar-refractivity contribution in [3.8, 4) is 55.6 Å². The van der Waals surface area contributed by atoms with Crippen LogP contribution >= 0.6 is 15.9 Å². The van der Waals surface area contributed by atoms with Crippen LogP contribution < -0.4 is 10.9 Å². The Hall–Kier alpha value is -10.5. The van der Waals surface area contributed by atoms with E-state index in [2.05, 4.69) is 162 Å². The van der Waals surface area contributed by atoms with Gasteiger partial charge in [-0.05, 0) is 186 Å². The van der Waals surface area contributed by atoms with Crippen LogP contribution in [0.3, 0.4) is 0 Å². The molecule has 14 rings (SSSR count). The maximum Gasteiger partial charge on any atom is 0.488 e. The van der Waals surface area contributed by atoms with Gasteiger partial charge in [0.15, 0.2) is 0 Å². The van der Waals surface area contributed by atoms with E-state index in [1.165, 1.54) is 24.3 Å². The van der Waals surface area contributed by atoms with E-state index in [0.717, 1.165) is 125 Å². The Morgan fingerprint density at radius 1 is 0.287 bits per heavy atom. The third-order valence-electron chi connectivity index (χ3n) is 16.8. The van der Waals surface area contributed by atoms with Gasteiger partial charge in [-0.3, -0.25) is 0 Å². The molecule has 0 aliphatic carbocycles. The monoisotopic (exact) mass is 1300 g/mol. The standard InChI is InChI=1S/C52H38O4.C23H17BrO2.C6H8B2O4/c1-3-55-51(53)45-27-15-13-25-43(45)49-39-21-9-5-17-35(39)47(36-18-6-10-22-40(36)49)33-29-31-34(32-30-33)48-37-19-7-11-23-41(37)50(42-24-12-8-20-38(42)48)44-26-14-16-28-46(44)52(54)56-4-2;1-2-26-23(25)20-14-8-5-11-17(20)21-15-9-3-6-12-18(15)22(24)19-13-7-4-10-16(19)21;9-7(10)5-1-2-6(4-3-5)8(11)12/h5-32H,3-4H2,1-2H3;3-14H,2H2,1H3;1-4,9-12H. The van der Waals surface area contributed by atoms with E-state index in [1.54, 1.807) is 0 Å². The topological polar surface area (TPSA) is 160 Å². The van der Waals surface area contributed by atoms with Crippen molar-refractivity contribution >= 4 is 124 Å². The normalized spacial score (nSPS) is 11.0. The van der Waals surface area contributed by atoms with Crippen molar-refractivity contribution < 1.29 is 48.7 Å². The molecule has 0 atom stereocenters. The molecule has 0 saturated heterocycles. The van der Waals surface area contributed by atoms with Crippen LogP contribution in [-0.4, -0.2) is 72.1 Å². The number of carbonyl (C=O) groups is 3. The SMILES string of the molecule is CCOC(=O)c1ccccc1-c1c2ccccc2c(-c2ccc(-c3c4ccccc4c(-c4ccccc4C(=O)OCC)c4ccccc34)cc2)c2ccccc12.CCOC(=O)c1ccccc1-c1c2ccccc2c(Br)c2ccccc12.OB(O)c1ccc(B(O)O)cc1. The molecule has 14 aromatic carbocycles. The minimum Gasteiger partial charge on any atom is -0.462 e. The van der Waals surface area contributed by atoms with Gasteiger partial charge in [0.05, 0.1) is 36.5 Å². The predicted molar refractivity (Wildman–Crippen MR) is 387 cm³/mol. The van der Waals surface area contributed by atoms with Gasteiger partial charge in [0, 0.05) is 4.47 Å². The molecule has 0 radical (unpaired) electrons. The number of carbonyl (C=O) groups excluding carboxylic acids is 3. The molecular weight excluding hydrogens is 1230 g/mol. The Morgan fingerprint density at radius 2 is 0.489 bits per heavy atom. The van der Waals surface area contributed by atoms with Crippen LogP contribution in [0.2, 0.25) is 0 Å². The molecule has 94 heavy (non-hydrogen) atoms. The second-order valence-electron chi connectivity index (χ2n) is 22.3. The Balaban J connectivity index is 0.000000182. The minimum atomic E-state index is -1.52. The highest BCUT2D eigenvalue weighted by Crippen LogP contribution is 2.48. The van der Waals surface area contributed by atoms with Crippen molar-refractivity contribution in [3.05, 3.63) is 288 Å². The van der Waals surface area contributed by atoms with Gasteiger partial charge >= 0.3 is 32.1 Å². The summed E-state index contributed by atoms with van der Waals surface area (Å²) in [5.41, 5.74) is 12.5. The maximum atomic E-state index is 13.2. The third-order valence-corrected chi connectivity index (χ3v) is 17.7. The molecule has 13 heteroatoms. The van der Waals surface area contributed by atoms with Crippen LogP contribution in [0.4, 0.5) is 0 Å². The zero-order chi connectivity index (χ0) is 65.4. The van der Waals surface area contributed by atoms with E-state index >= 15 is 0 Å². The molecule has 0 heterocycles. The van der Waals surface area contributed by atoms with Gasteiger partial charge in [0.2, 0.25) is 0 Å². The van der Waals surface area contributed by atoms with E-state index in [9.17, 15) is 14.4 Å². The quantitative estimate of drug-likeness (QED) is 0.0379. The molecule has 0 bridgehead atoms. The fraction of sp³-hybridized carbons (Fsp3) is 0.0741. The summed E-state index contributed by atoms with van der Waals surface area (Å²) in [5, 5.41) is 47.9. The van der Waals surface area contributed by atoms with E-state index < -0.39 is 14.2 Å². The first-order chi connectivity index (χ1) is 45.9. The lowest BCUT2D eigenvalue weighted by molar-refractivity contribution is 0.0517.